The number of rotatable bonds is 5. The van der Waals surface area contributed by atoms with Crippen molar-refractivity contribution in [3.05, 3.63) is 78.0 Å². The Bertz CT molecular complexity index is 1000. The Kier molecular flexibility index (Phi) is 5.96. The predicted molar refractivity (Wildman–Crippen MR) is 105 cm³/mol. The first-order valence-corrected chi connectivity index (χ1v) is 8.80. The van der Waals surface area contributed by atoms with Crippen LogP contribution in [-0.4, -0.2) is 22.7 Å². The fraction of sp³-hybridized carbons (Fsp3) is 0.143. The number of pyridine rings is 1. The number of benzene rings is 2. The lowest BCUT2D eigenvalue weighted by atomic mass is 10.0. The second kappa shape index (κ2) is 8.77. The largest absolute Gasteiger partial charge is 0.349 e. The van der Waals surface area contributed by atoms with E-state index in [0.717, 1.165) is 10.9 Å². The Balaban J connectivity index is 1.61. The Morgan fingerprint density at radius 3 is 2.36 bits per heavy atom. The van der Waals surface area contributed by atoms with Crippen LogP contribution in [0.1, 0.15) is 35.4 Å². The summed E-state index contributed by atoms with van der Waals surface area (Å²) in [4.78, 5) is 40.3. The molecule has 0 aliphatic heterocycles. The maximum atomic E-state index is 12.3. The molecule has 3 amide bonds. The number of carbonyl (C=O) groups is 3. The minimum absolute atomic E-state index is 0.0188. The van der Waals surface area contributed by atoms with Crippen molar-refractivity contribution in [2.45, 2.75) is 19.4 Å². The Morgan fingerprint density at radius 2 is 1.61 bits per heavy atom. The van der Waals surface area contributed by atoms with Crippen LogP contribution in [0.2, 0.25) is 0 Å². The zero-order valence-electron chi connectivity index (χ0n) is 15.3. The average molecular weight is 376 g/mol. The first-order chi connectivity index (χ1) is 13.5. The van der Waals surface area contributed by atoms with E-state index in [-0.39, 0.29) is 18.0 Å². The molecule has 0 bridgehead atoms. The third-order valence-corrected chi connectivity index (χ3v) is 4.12. The Hall–Kier alpha value is -3.74. The van der Waals surface area contributed by atoms with Crippen molar-refractivity contribution in [1.82, 2.24) is 21.2 Å². The summed E-state index contributed by atoms with van der Waals surface area (Å²) in [5, 5.41) is 3.66. The van der Waals surface area contributed by atoms with E-state index >= 15 is 0 Å². The van der Waals surface area contributed by atoms with Gasteiger partial charge in [0.2, 0.25) is 11.8 Å². The van der Waals surface area contributed by atoms with Crippen LogP contribution in [0.15, 0.2) is 66.7 Å². The average Bonchev–Trinajstić information content (AvgIpc) is 2.71. The van der Waals surface area contributed by atoms with Crippen LogP contribution in [0.5, 0.6) is 0 Å². The highest BCUT2D eigenvalue weighted by Gasteiger charge is 2.17. The van der Waals surface area contributed by atoms with E-state index in [1.165, 1.54) is 6.92 Å². The van der Waals surface area contributed by atoms with Crippen LogP contribution in [0.4, 0.5) is 0 Å². The summed E-state index contributed by atoms with van der Waals surface area (Å²) in [6.45, 7) is 1.39. The van der Waals surface area contributed by atoms with Crippen molar-refractivity contribution in [3.8, 4) is 0 Å². The van der Waals surface area contributed by atoms with Crippen molar-refractivity contribution in [1.29, 1.82) is 0 Å². The molecule has 2 aromatic carbocycles. The van der Waals surface area contributed by atoms with E-state index in [4.69, 9.17) is 0 Å². The molecule has 3 rings (SSSR count). The number of hydrogen-bond acceptors (Lipinski definition) is 4. The highest BCUT2D eigenvalue weighted by molar-refractivity contribution is 5.96. The molecule has 28 heavy (non-hydrogen) atoms. The molecular formula is C21H20N4O3. The zero-order valence-corrected chi connectivity index (χ0v) is 15.3. The maximum absolute atomic E-state index is 12.3. The Morgan fingerprint density at radius 1 is 0.893 bits per heavy atom. The Labute approximate surface area is 162 Å². The molecule has 7 heteroatoms. The summed E-state index contributed by atoms with van der Waals surface area (Å²) >= 11 is 0. The molecule has 0 saturated heterocycles. The van der Waals surface area contributed by atoms with Gasteiger partial charge >= 0.3 is 0 Å². The van der Waals surface area contributed by atoms with Gasteiger partial charge in [-0.25, -0.2) is 4.98 Å². The molecule has 1 heterocycles. The standard InChI is InChI=1S/C21H20N4O3/c1-14(26)22-19(15-7-3-2-4-8-15)13-20(27)24-25-21(28)18-12-11-16-9-5-6-10-17(16)23-18/h2-12,19H,13H2,1H3,(H,22,26)(H,24,27)(H,25,28). The molecule has 0 radical (unpaired) electrons. The molecule has 1 unspecified atom stereocenters. The lowest BCUT2D eigenvalue weighted by molar-refractivity contribution is -0.123. The minimum atomic E-state index is -0.519. The molecule has 1 atom stereocenters. The summed E-state index contributed by atoms with van der Waals surface area (Å²) in [7, 11) is 0. The van der Waals surface area contributed by atoms with Gasteiger partial charge in [-0.1, -0.05) is 54.6 Å². The molecule has 142 valence electrons. The van der Waals surface area contributed by atoms with E-state index < -0.39 is 17.9 Å². The second-order valence-electron chi connectivity index (χ2n) is 6.26. The third-order valence-electron chi connectivity index (χ3n) is 4.12. The second-order valence-corrected chi connectivity index (χ2v) is 6.26. The lowest BCUT2D eigenvalue weighted by Crippen LogP contribution is -2.43. The molecular weight excluding hydrogens is 356 g/mol. The summed E-state index contributed by atoms with van der Waals surface area (Å²) in [5.74, 6) is -1.20. The fourth-order valence-electron chi connectivity index (χ4n) is 2.80. The highest BCUT2D eigenvalue weighted by atomic mass is 16.2. The molecule has 3 aromatic rings. The van der Waals surface area contributed by atoms with Gasteiger partial charge in [0.25, 0.3) is 5.91 Å². The minimum Gasteiger partial charge on any atom is -0.349 e. The van der Waals surface area contributed by atoms with E-state index in [2.05, 4.69) is 21.2 Å². The summed E-state index contributed by atoms with van der Waals surface area (Å²) in [6, 6.07) is 19.5. The van der Waals surface area contributed by atoms with Crippen LogP contribution >= 0.6 is 0 Å². The first-order valence-electron chi connectivity index (χ1n) is 8.80. The number of nitrogens with zero attached hydrogens (tertiary/aromatic N) is 1. The number of hydrazine groups is 1. The summed E-state index contributed by atoms with van der Waals surface area (Å²) < 4.78 is 0. The number of carbonyl (C=O) groups excluding carboxylic acids is 3. The van der Waals surface area contributed by atoms with Gasteiger partial charge in [0.05, 0.1) is 18.0 Å². The monoisotopic (exact) mass is 376 g/mol. The third kappa shape index (κ3) is 4.91. The van der Waals surface area contributed by atoms with Crippen molar-refractivity contribution in [2.75, 3.05) is 0 Å². The van der Waals surface area contributed by atoms with E-state index in [1.807, 2.05) is 54.6 Å². The molecule has 1 aromatic heterocycles. The van der Waals surface area contributed by atoms with Gasteiger partial charge in [0, 0.05) is 12.3 Å². The van der Waals surface area contributed by atoms with Gasteiger partial charge in [-0.15, -0.1) is 0 Å². The normalized spacial score (nSPS) is 11.5. The number of nitrogens with one attached hydrogen (secondary N) is 3. The van der Waals surface area contributed by atoms with Gasteiger partial charge in [-0.3, -0.25) is 25.2 Å². The maximum Gasteiger partial charge on any atom is 0.288 e. The zero-order chi connectivity index (χ0) is 19.9. The van der Waals surface area contributed by atoms with Gasteiger partial charge < -0.3 is 5.32 Å². The smallest absolute Gasteiger partial charge is 0.288 e. The van der Waals surface area contributed by atoms with Crippen LogP contribution in [-0.2, 0) is 9.59 Å². The number of aromatic nitrogens is 1. The molecule has 7 nitrogen and oxygen atoms in total. The number of hydrogen-bond donors (Lipinski definition) is 3. The number of fused-ring (bicyclic) bond motifs is 1. The van der Waals surface area contributed by atoms with Crippen LogP contribution in [0, 0.1) is 0 Å². The molecule has 0 spiro atoms. The topological polar surface area (TPSA) is 100 Å². The molecule has 3 N–H and O–H groups in total. The van der Waals surface area contributed by atoms with Crippen molar-refractivity contribution in [3.63, 3.8) is 0 Å². The first kappa shape index (κ1) is 19.0. The summed E-state index contributed by atoms with van der Waals surface area (Å²) in [6.07, 6.45) is -0.0188. The molecule has 0 aliphatic rings. The SMILES string of the molecule is CC(=O)NC(CC(=O)NNC(=O)c1ccc2ccccc2n1)c1ccccc1. The van der Waals surface area contributed by atoms with Crippen molar-refractivity contribution in [2.24, 2.45) is 0 Å². The fourth-order valence-corrected chi connectivity index (χ4v) is 2.80. The van der Waals surface area contributed by atoms with E-state index in [9.17, 15) is 14.4 Å². The van der Waals surface area contributed by atoms with Gasteiger partial charge in [-0.2, -0.15) is 0 Å². The highest BCUT2D eigenvalue weighted by Crippen LogP contribution is 2.16. The number of amides is 3. The molecule has 0 aliphatic carbocycles. The number of para-hydroxylation sites is 1. The quantitative estimate of drug-likeness (QED) is 0.595. The van der Waals surface area contributed by atoms with Gasteiger partial charge in [0.15, 0.2) is 0 Å². The van der Waals surface area contributed by atoms with Crippen LogP contribution in [0.25, 0.3) is 10.9 Å². The van der Waals surface area contributed by atoms with E-state index in [0.29, 0.717) is 5.52 Å². The van der Waals surface area contributed by atoms with Gasteiger partial charge in [0.1, 0.15) is 5.69 Å². The molecule has 0 fully saturated rings. The van der Waals surface area contributed by atoms with Gasteiger partial charge in [-0.05, 0) is 17.7 Å². The molecule has 0 saturated carbocycles. The summed E-state index contributed by atoms with van der Waals surface area (Å²) in [5.41, 5.74) is 6.42. The van der Waals surface area contributed by atoms with Crippen LogP contribution < -0.4 is 16.2 Å². The lowest BCUT2D eigenvalue weighted by Gasteiger charge is -2.18. The van der Waals surface area contributed by atoms with Crippen molar-refractivity contribution < 1.29 is 14.4 Å². The van der Waals surface area contributed by atoms with E-state index in [1.54, 1.807) is 12.1 Å². The van der Waals surface area contributed by atoms with Crippen molar-refractivity contribution >= 4 is 28.6 Å². The predicted octanol–water partition coefficient (Wildman–Crippen LogP) is 2.26. The van der Waals surface area contributed by atoms with Crippen LogP contribution in [0.3, 0.4) is 0 Å².